The Morgan fingerprint density at radius 2 is 1.88 bits per heavy atom. The second-order valence-corrected chi connectivity index (χ2v) is 6.03. The van der Waals surface area contributed by atoms with Gasteiger partial charge in [-0.05, 0) is 18.2 Å². The molecule has 0 spiro atoms. The molecule has 0 unspecified atom stereocenters. The summed E-state index contributed by atoms with van der Waals surface area (Å²) in [5.74, 6) is 0.976. The number of esters is 1. The predicted octanol–water partition coefficient (Wildman–Crippen LogP) is 2.99. The van der Waals surface area contributed by atoms with Gasteiger partial charge in [-0.2, -0.15) is 0 Å². The van der Waals surface area contributed by atoms with Crippen molar-refractivity contribution in [2.45, 2.75) is 12.8 Å². The van der Waals surface area contributed by atoms with Gasteiger partial charge in [-0.25, -0.2) is 9.59 Å². The molecule has 0 bridgehead atoms. The Balaban J connectivity index is 1.60. The fraction of sp³-hybridized carbons (Fsp3) is 0.263. The van der Waals surface area contributed by atoms with E-state index < -0.39 is 12.0 Å². The standard InChI is InChI=1S/C19H18N2O5/c1-24-18(22)12-4-2-3-5-14(12)20-19(23)21-16-13-7-9-25-15(13)10-11-6-8-26-17(11)16/h2-5,10H,6-9H2,1H3,(H2,20,21,23). The first kappa shape index (κ1) is 16.3. The number of hydrogen-bond donors (Lipinski definition) is 2. The van der Waals surface area contributed by atoms with Crippen molar-refractivity contribution < 1.29 is 23.8 Å². The Morgan fingerprint density at radius 3 is 2.73 bits per heavy atom. The molecule has 2 aliphatic heterocycles. The summed E-state index contributed by atoms with van der Waals surface area (Å²) in [5, 5.41) is 5.58. The first-order valence-corrected chi connectivity index (χ1v) is 8.37. The molecule has 4 rings (SSSR count). The number of ether oxygens (including phenoxy) is 3. The third-order valence-electron chi connectivity index (χ3n) is 4.47. The molecule has 2 heterocycles. The Bertz CT molecular complexity index is 861. The second-order valence-electron chi connectivity index (χ2n) is 6.03. The Morgan fingerprint density at radius 1 is 1.08 bits per heavy atom. The van der Waals surface area contributed by atoms with Crippen LogP contribution in [0.4, 0.5) is 16.2 Å². The van der Waals surface area contributed by atoms with E-state index in [0.717, 1.165) is 23.3 Å². The van der Waals surface area contributed by atoms with Gasteiger partial charge in [-0.3, -0.25) is 0 Å². The third kappa shape index (κ3) is 2.81. The lowest BCUT2D eigenvalue weighted by atomic mass is 10.0. The second kappa shape index (κ2) is 6.59. The third-order valence-corrected chi connectivity index (χ3v) is 4.47. The number of anilines is 2. The van der Waals surface area contributed by atoms with Gasteiger partial charge in [0.1, 0.15) is 11.5 Å². The van der Waals surface area contributed by atoms with E-state index in [9.17, 15) is 9.59 Å². The molecule has 0 radical (unpaired) electrons. The highest BCUT2D eigenvalue weighted by atomic mass is 16.5. The van der Waals surface area contributed by atoms with Crippen LogP contribution < -0.4 is 20.1 Å². The van der Waals surface area contributed by atoms with E-state index in [1.54, 1.807) is 24.3 Å². The summed E-state index contributed by atoms with van der Waals surface area (Å²) < 4.78 is 16.1. The molecule has 2 N–H and O–H groups in total. The van der Waals surface area contributed by atoms with E-state index in [2.05, 4.69) is 10.6 Å². The smallest absolute Gasteiger partial charge is 0.339 e. The van der Waals surface area contributed by atoms with Crippen molar-refractivity contribution in [3.8, 4) is 11.5 Å². The number of carbonyl (C=O) groups excluding carboxylic acids is 2. The summed E-state index contributed by atoms with van der Waals surface area (Å²) in [7, 11) is 1.30. The molecule has 134 valence electrons. The Kier molecular flexibility index (Phi) is 4.12. The van der Waals surface area contributed by atoms with Crippen LogP contribution in [0.5, 0.6) is 11.5 Å². The van der Waals surface area contributed by atoms with Crippen molar-refractivity contribution in [2.75, 3.05) is 31.0 Å². The van der Waals surface area contributed by atoms with Gasteiger partial charge in [0.15, 0.2) is 0 Å². The van der Waals surface area contributed by atoms with Gasteiger partial charge in [0, 0.05) is 24.0 Å². The molecule has 0 fully saturated rings. The molecule has 2 aromatic rings. The van der Waals surface area contributed by atoms with Crippen molar-refractivity contribution in [2.24, 2.45) is 0 Å². The number of carbonyl (C=O) groups is 2. The SMILES string of the molecule is COC(=O)c1ccccc1NC(=O)Nc1c2c(cc3c1OCC3)OCC2. The molecule has 2 amide bonds. The fourth-order valence-corrected chi connectivity index (χ4v) is 3.26. The van der Waals surface area contributed by atoms with Crippen LogP contribution in [0, 0.1) is 0 Å². The summed E-state index contributed by atoms with van der Waals surface area (Å²) in [5.41, 5.74) is 3.25. The fourth-order valence-electron chi connectivity index (χ4n) is 3.26. The molecule has 0 saturated heterocycles. The maximum absolute atomic E-state index is 12.6. The zero-order chi connectivity index (χ0) is 18.1. The number of methoxy groups -OCH3 is 1. The van der Waals surface area contributed by atoms with Crippen molar-refractivity contribution in [3.05, 3.63) is 47.0 Å². The van der Waals surface area contributed by atoms with Crippen molar-refractivity contribution in [1.82, 2.24) is 0 Å². The first-order valence-electron chi connectivity index (χ1n) is 8.37. The van der Waals surface area contributed by atoms with E-state index >= 15 is 0 Å². The van der Waals surface area contributed by atoms with Crippen LogP contribution in [0.1, 0.15) is 21.5 Å². The number of para-hydroxylation sites is 1. The maximum Gasteiger partial charge on any atom is 0.339 e. The molecule has 0 aromatic heterocycles. The quantitative estimate of drug-likeness (QED) is 0.828. The van der Waals surface area contributed by atoms with Crippen LogP contribution in [0.15, 0.2) is 30.3 Å². The van der Waals surface area contributed by atoms with Gasteiger partial charge in [-0.1, -0.05) is 12.1 Å². The summed E-state index contributed by atoms with van der Waals surface area (Å²) in [6, 6.07) is 8.20. The molecular formula is C19H18N2O5. The minimum Gasteiger partial charge on any atom is -0.493 e. The maximum atomic E-state index is 12.6. The normalized spacial score (nSPS) is 13.9. The lowest BCUT2D eigenvalue weighted by molar-refractivity contribution is 0.0602. The number of nitrogens with one attached hydrogen (secondary N) is 2. The summed E-state index contributed by atoms with van der Waals surface area (Å²) in [4.78, 5) is 24.4. The highest BCUT2D eigenvalue weighted by molar-refractivity contribution is 6.06. The van der Waals surface area contributed by atoms with Crippen LogP contribution in [0.25, 0.3) is 0 Å². The van der Waals surface area contributed by atoms with E-state index in [1.165, 1.54) is 7.11 Å². The average Bonchev–Trinajstić information content (AvgIpc) is 3.30. The van der Waals surface area contributed by atoms with Gasteiger partial charge in [0.2, 0.25) is 0 Å². The minimum atomic E-state index is -0.515. The largest absolute Gasteiger partial charge is 0.493 e. The number of hydrogen-bond acceptors (Lipinski definition) is 5. The van der Waals surface area contributed by atoms with Crippen molar-refractivity contribution >= 4 is 23.4 Å². The molecule has 26 heavy (non-hydrogen) atoms. The Hall–Kier alpha value is -3.22. The molecule has 2 aromatic carbocycles. The predicted molar refractivity (Wildman–Crippen MR) is 95.3 cm³/mol. The summed E-state index contributed by atoms with van der Waals surface area (Å²) >= 11 is 0. The Labute approximate surface area is 150 Å². The number of fused-ring (bicyclic) bond motifs is 2. The van der Waals surface area contributed by atoms with Gasteiger partial charge in [0.05, 0.1) is 37.3 Å². The van der Waals surface area contributed by atoms with E-state index in [4.69, 9.17) is 14.2 Å². The molecule has 7 nitrogen and oxygen atoms in total. The molecular weight excluding hydrogens is 336 g/mol. The lowest BCUT2D eigenvalue weighted by Gasteiger charge is -2.15. The number of benzene rings is 2. The number of rotatable bonds is 3. The van der Waals surface area contributed by atoms with Crippen LogP contribution in [-0.2, 0) is 17.6 Å². The van der Waals surface area contributed by atoms with Crippen molar-refractivity contribution in [1.29, 1.82) is 0 Å². The number of amides is 2. The summed E-state index contributed by atoms with van der Waals surface area (Å²) in [6.07, 6.45) is 1.49. The van der Waals surface area contributed by atoms with Gasteiger partial charge < -0.3 is 24.8 Å². The van der Waals surface area contributed by atoms with Crippen molar-refractivity contribution in [3.63, 3.8) is 0 Å². The minimum absolute atomic E-state index is 0.285. The van der Waals surface area contributed by atoms with Crippen LogP contribution in [-0.4, -0.2) is 32.3 Å². The summed E-state index contributed by atoms with van der Waals surface area (Å²) in [6.45, 7) is 1.17. The van der Waals surface area contributed by atoms with Gasteiger partial charge in [0.25, 0.3) is 0 Å². The van der Waals surface area contributed by atoms with Crippen LogP contribution in [0.2, 0.25) is 0 Å². The highest BCUT2D eigenvalue weighted by Crippen LogP contribution is 2.44. The van der Waals surface area contributed by atoms with E-state index in [-0.39, 0.29) is 5.56 Å². The molecule has 7 heteroatoms. The van der Waals surface area contributed by atoms with E-state index in [1.807, 2.05) is 6.07 Å². The van der Waals surface area contributed by atoms with Gasteiger partial charge >= 0.3 is 12.0 Å². The zero-order valence-electron chi connectivity index (χ0n) is 14.3. The zero-order valence-corrected chi connectivity index (χ0v) is 14.3. The average molecular weight is 354 g/mol. The van der Waals surface area contributed by atoms with Gasteiger partial charge in [-0.15, -0.1) is 0 Å². The molecule has 0 aliphatic carbocycles. The molecule has 0 atom stereocenters. The topological polar surface area (TPSA) is 85.9 Å². The van der Waals surface area contributed by atoms with Crippen LogP contribution in [0.3, 0.4) is 0 Å². The van der Waals surface area contributed by atoms with Crippen LogP contribution >= 0.6 is 0 Å². The monoisotopic (exact) mass is 354 g/mol. The molecule has 2 aliphatic rings. The molecule has 0 saturated carbocycles. The first-order chi connectivity index (χ1) is 12.7. The highest BCUT2D eigenvalue weighted by Gasteiger charge is 2.27. The number of urea groups is 1. The van der Waals surface area contributed by atoms with E-state index in [0.29, 0.717) is 36.8 Å². The lowest BCUT2D eigenvalue weighted by Crippen LogP contribution is -2.22.